The van der Waals surface area contributed by atoms with Crippen molar-refractivity contribution in [1.29, 1.82) is 0 Å². The van der Waals surface area contributed by atoms with Crippen LogP contribution < -0.4 is 5.32 Å². The van der Waals surface area contributed by atoms with Crippen LogP contribution in [0.15, 0.2) is 24.3 Å². The van der Waals surface area contributed by atoms with Crippen molar-refractivity contribution < 1.29 is 19.1 Å². The zero-order chi connectivity index (χ0) is 15.1. The van der Waals surface area contributed by atoms with Gasteiger partial charge in [0, 0.05) is 25.2 Å². The highest BCUT2D eigenvalue weighted by Crippen LogP contribution is 2.15. The van der Waals surface area contributed by atoms with Crippen LogP contribution in [0.4, 0.5) is 4.79 Å². The lowest BCUT2D eigenvalue weighted by Gasteiger charge is -2.19. The number of carbonyl (C=O) groups excluding carboxylic acids is 3. The maximum Gasteiger partial charge on any atom is 0.407 e. The summed E-state index contributed by atoms with van der Waals surface area (Å²) >= 11 is 0. The largest absolute Gasteiger partial charge is 0.446 e. The van der Waals surface area contributed by atoms with Gasteiger partial charge in [0.2, 0.25) is 0 Å². The summed E-state index contributed by atoms with van der Waals surface area (Å²) in [6.45, 7) is 0.359. The summed E-state index contributed by atoms with van der Waals surface area (Å²) in [6, 6.07) is 0. The minimum absolute atomic E-state index is 0.0633. The van der Waals surface area contributed by atoms with Gasteiger partial charge >= 0.3 is 6.09 Å². The van der Waals surface area contributed by atoms with E-state index in [1.807, 2.05) is 0 Å². The van der Waals surface area contributed by atoms with E-state index in [2.05, 4.69) is 17.5 Å². The highest BCUT2D eigenvalue weighted by Gasteiger charge is 2.23. The fourth-order valence-electron chi connectivity index (χ4n) is 2.36. The minimum Gasteiger partial charge on any atom is -0.446 e. The number of alkyl carbamates (subject to hydrolysis) is 1. The summed E-state index contributed by atoms with van der Waals surface area (Å²) in [7, 11) is 0. The highest BCUT2D eigenvalue weighted by molar-refractivity contribution is 6.12. The fraction of sp³-hybridized carbons (Fsp3) is 0.533. The molecule has 0 aromatic heterocycles. The third-order valence-corrected chi connectivity index (χ3v) is 3.50. The van der Waals surface area contributed by atoms with Gasteiger partial charge in [-0.05, 0) is 32.1 Å². The molecule has 1 atom stereocenters. The van der Waals surface area contributed by atoms with E-state index >= 15 is 0 Å². The van der Waals surface area contributed by atoms with Crippen molar-refractivity contribution in [1.82, 2.24) is 10.2 Å². The van der Waals surface area contributed by atoms with Crippen molar-refractivity contribution in [3.05, 3.63) is 24.3 Å². The zero-order valence-electron chi connectivity index (χ0n) is 11.9. The average molecular weight is 292 g/mol. The molecule has 1 N–H and O–H groups in total. The first-order valence-corrected chi connectivity index (χ1v) is 7.30. The summed E-state index contributed by atoms with van der Waals surface area (Å²) in [6.07, 6.45) is 10.8. The monoisotopic (exact) mass is 292 g/mol. The molecular weight excluding hydrogens is 272 g/mol. The lowest BCUT2D eigenvalue weighted by Crippen LogP contribution is -2.39. The van der Waals surface area contributed by atoms with E-state index in [4.69, 9.17) is 4.74 Å². The van der Waals surface area contributed by atoms with Crippen molar-refractivity contribution in [3.8, 4) is 0 Å². The molecule has 0 saturated heterocycles. The molecule has 0 spiro atoms. The van der Waals surface area contributed by atoms with Crippen LogP contribution in [-0.2, 0) is 14.3 Å². The summed E-state index contributed by atoms with van der Waals surface area (Å²) in [5.41, 5.74) is 0. The Hall–Kier alpha value is -2.11. The van der Waals surface area contributed by atoms with Gasteiger partial charge in [0.05, 0.1) is 0 Å². The minimum atomic E-state index is -0.489. The van der Waals surface area contributed by atoms with Crippen LogP contribution >= 0.6 is 0 Å². The fourth-order valence-corrected chi connectivity index (χ4v) is 2.36. The summed E-state index contributed by atoms with van der Waals surface area (Å²) in [4.78, 5) is 35.4. The van der Waals surface area contributed by atoms with Gasteiger partial charge in [0.25, 0.3) is 11.8 Å². The first kappa shape index (κ1) is 15.3. The van der Waals surface area contributed by atoms with Gasteiger partial charge in [0.1, 0.15) is 6.10 Å². The smallest absolute Gasteiger partial charge is 0.407 e. The first-order chi connectivity index (χ1) is 10.2. The van der Waals surface area contributed by atoms with Crippen LogP contribution in [0.1, 0.15) is 32.1 Å². The Bertz CT molecular complexity index is 452. The van der Waals surface area contributed by atoms with E-state index in [1.165, 1.54) is 12.2 Å². The molecule has 0 unspecified atom stereocenters. The lowest BCUT2D eigenvalue weighted by atomic mass is 10.0. The van der Waals surface area contributed by atoms with E-state index in [0.29, 0.717) is 0 Å². The molecule has 0 aromatic carbocycles. The topological polar surface area (TPSA) is 75.7 Å². The van der Waals surface area contributed by atoms with Crippen LogP contribution in [0, 0.1) is 0 Å². The Balaban J connectivity index is 1.66. The zero-order valence-corrected chi connectivity index (χ0v) is 11.9. The number of carbonyl (C=O) groups is 3. The second kappa shape index (κ2) is 7.61. The Morgan fingerprint density at radius 1 is 1.19 bits per heavy atom. The molecule has 6 heteroatoms. The lowest BCUT2D eigenvalue weighted by molar-refractivity contribution is -0.136. The van der Waals surface area contributed by atoms with Gasteiger partial charge in [-0.1, -0.05) is 12.2 Å². The molecule has 1 aliphatic heterocycles. The number of allylic oxidation sites excluding steroid dienone is 2. The number of imide groups is 1. The second-order valence-electron chi connectivity index (χ2n) is 5.10. The van der Waals surface area contributed by atoms with Crippen molar-refractivity contribution in [2.45, 2.75) is 38.2 Å². The maximum absolute atomic E-state index is 11.7. The van der Waals surface area contributed by atoms with Gasteiger partial charge in [-0.15, -0.1) is 0 Å². The highest BCUT2D eigenvalue weighted by atomic mass is 16.6. The van der Waals surface area contributed by atoms with Gasteiger partial charge in [-0.2, -0.15) is 0 Å². The third-order valence-electron chi connectivity index (χ3n) is 3.50. The third kappa shape index (κ3) is 4.73. The maximum atomic E-state index is 11.7. The van der Waals surface area contributed by atoms with Gasteiger partial charge in [-0.25, -0.2) is 4.79 Å². The number of amides is 3. The normalized spacial score (nSPS) is 23.6. The van der Waals surface area contributed by atoms with E-state index < -0.39 is 6.09 Å². The number of nitrogens with one attached hydrogen (secondary N) is 1. The summed E-state index contributed by atoms with van der Waals surface area (Å²) in [5.74, 6) is -0.691. The predicted octanol–water partition coefficient (Wildman–Crippen LogP) is 1.53. The van der Waals surface area contributed by atoms with Crippen molar-refractivity contribution in [2.24, 2.45) is 0 Å². The number of nitrogens with zero attached hydrogens (tertiary/aromatic N) is 1. The molecule has 114 valence electrons. The van der Waals surface area contributed by atoms with Crippen LogP contribution in [0.25, 0.3) is 0 Å². The van der Waals surface area contributed by atoms with E-state index in [0.717, 1.165) is 37.0 Å². The Labute approximate surface area is 123 Å². The number of hydrogen-bond donors (Lipinski definition) is 1. The van der Waals surface area contributed by atoms with Crippen LogP contribution in [0.2, 0.25) is 0 Å². The number of hydrogen-bond acceptors (Lipinski definition) is 4. The molecule has 2 aliphatic rings. The molecule has 2 rings (SSSR count). The number of rotatable bonds is 4. The second-order valence-corrected chi connectivity index (χ2v) is 5.10. The van der Waals surface area contributed by atoms with Crippen molar-refractivity contribution >= 4 is 17.9 Å². The molecule has 3 amide bonds. The molecule has 0 saturated carbocycles. The molecule has 21 heavy (non-hydrogen) atoms. The molecule has 1 heterocycles. The SMILES string of the molecule is O=C(NCCN1C(=O)C=CC1=O)O[C@@H]1CC/C=C/CCC1. The molecule has 0 radical (unpaired) electrons. The standard InChI is InChI=1S/C15H20N2O4/c18-13-8-9-14(19)17(13)11-10-16-15(20)21-12-6-4-2-1-3-5-7-12/h1-2,8-9,12H,3-7,10-11H2,(H,16,20)/b2-1+/t12-/m1/s1. The van der Waals surface area contributed by atoms with E-state index in [1.54, 1.807) is 0 Å². The molecular formula is C15H20N2O4. The molecule has 6 nitrogen and oxygen atoms in total. The Kier molecular flexibility index (Phi) is 5.54. The van der Waals surface area contributed by atoms with Crippen molar-refractivity contribution in [3.63, 3.8) is 0 Å². The molecule has 0 aromatic rings. The van der Waals surface area contributed by atoms with Crippen LogP contribution in [0.5, 0.6) is 0 Å². The average Bonchev–Trinajstić information content (AvgIpc) is 2.73. The first-order valence-electron chi connectivity index (χ1n) is 7.30. The quantitative estimate of drug-likeness (QED) is 0.630. The van der Waals surface area contributed by atoms with Crippen LogP contribution in [-0.4, -0.2) is 42.0 Å². The van der Waals surface area contributed by atoms with Crippen molar-refractivity contribution in [2.75, 3.05) is 13.1 Å². The molecule has 0 fully saturated rings. The van der Waals surface area contributed by atoms with Gasteiger partial charge in [-0.3, -0.25) is 14.5 Å². The van der Waals surface area contributed by atoms with Crippen LogP contribution in [0.3, 0.4) is 0 Å². The predicted molar refractivity (Wildman–Crippen MR) is 76.4 cm³/mol. The Morgan fingerprint density at radius 3 is 2.67 bits per heavy atom. The van der Waals surface area contributed by atoms with Gasteiger partial charge < -0.3 is 10.1 Å². The molecule has 0 bridgehead atoms. The molecule has 1 aliphatic carbocycles. The van der Waals surface area contributed by atoms with Gasteiger partial charge in [0.15, 0.2) is 0 Å². The van der Waals surface area contributed by atoms with E-state index in [9.17, 15) is 14.4 Å². The van der Waals surface area contributed by atoms with E-state index in [-0.39, 0.29) is 31.0 Å². The number of ether oxygens (including phenoxy) is 1. The summed E-state index contributed by atoms with van der Waals surface area (Å²) < 4.78 is 5.36. The Morgan fingerprint density at radius 2 is 1.90 bits per heavy atom. The summed E-state index contributed by atoms with van der Waals surface area (Å²) in [5, 5.41) is 2.58.